The van der Waals surface area contributed by atoms with Crippen LogP contribution in [0.4, 0.5) is 8.78 Å². The molecule has 0 radical (unpaired) electrons. The molecule has 27 heavy (non-hydrogen) atoms. The van der Waals surface area contributed by atoms with Crippen LogP contribution in [0.15, 0.2) is 23.4 Å². The largest absolute Gasteiger partial charge is 0.460 e. The van der Waals surface area contributed by atoms with Gasteiger partial charge >= 0.3 is 12.6 Å². The van der Waals surface area contributed by atoms with Crippen LogP contribution in [-0.2, 0) is 14.3 Å². The first kappa shape index (κ1) is 21.0. The highest BCUT2D eigenvalue weighted by Crippen LogP contribution is 2.33. The molecule has 1 aromatic carbocycles. The maximum absolute atomic E-state index is 12.6. The molecule has 0 aromatic heterocycles. The Kier molecular flexibility index (Phi) is 7.09. The van der Waals surface area contributed by atoms with Gasteiger partial charge in [-0.25, -0.2) is 4.79 Å². The highest BCUT2D eigenvalue weighted by atomic mass is 32.1. The normalized spacial score (nSPS) is 16.9. The molecule has 1 atom stereocenters. The second-order valence-electron chi connectivity index (χ2n) is 6.06. The maximum Gasteiger partial charge on any atom is 0.387 e. The van der Waals surface area contributed by atoms with E-state index >= 15 is 0 Å². The number of alkyl halides is 2. The summed E-state index contributed by atoms with van der Waals surface area (Å²) in [7, 11) is 1.51. The third-order valence-corrected chi connectivity index (χ3v) is 4.25. The van der Waals surface area contributed by atoms with Gasteiger partial charge in [0.15, 0.2) is 5.11 Å². The van der Waals surface area contributed by atoms with Crippen LogP contribution in [0.5, 0.6) is 5.75 Å². The van der Waals surface area contributed by atoms with Crippen molar-refractivity contribution < 1.29 is 27.8 Å². The van der Waals surface area contributed by atoms with Crippen molar-refractivity contribution in [2.24, 2.45) is 0 Å². The summed E-state index contributed by atoms with van der Waals surface area (Å²) in [5.41, 5.74) is 2.67. The van der Waals surface area contributed by atoms with Crippen LogP contribution in [0.1, 0.15) is 29.7 Å². The lowest BCUT2D eigenvalue weighted by Crippen LogP contribution is -2.45. The topological polar surface area (TPSA) is 68.8 Å². The Morgan fingerprint density at radius 3 is 2.41 bits per heavy atom. The van der Waals surface area contributed by atoms with Gasteiger partial charge in [0, 0.05) is 12.8 Å². The molecule has 1 aliphatic rings. The third kappa shape index (κ3) is 5.14. The van der Waals surface area contributed by atoms with Crippen molar-refractivity contribution in [2.75, 3.05) is 20.3 Å². The Balaban J connectivity index is 2.40. The molecular weight excluding hydrogens is 378 g/mol. The second-order valence-corrected chi connectivity index (χ2v) is 6.47. The van der Waals surface area contributed by atoms with Gasteiger partial charge in [0.05, 0.1) is 18.2 Å². The summed E-state index contributed by atoms with van der Waals surface area (Å²) in [6, 6.07) is 2.80. The van der Waals surface area contributed by atoms with E-state index in [-0.39, 0.29) is 19.0 Å². The van der Waals surface area contributed by atoms with Gasteiger partial charge in [-0.05, 0) is 61.8 Å². The van der Waals surface area contributed by atoms with Crippen molar-refractivity contribution in [1.29, 1.82) is 0 Å². The molecule has 0 aliphatic carbocycles. The predicted octanol–water partition coefficient (Wildman–Crippen LogP) is 2.89. The lowest BCUT2D eigenvalue weighted by molar-refractivity contribution is -0.140. The number of carbonyl (C=O) groups is 1. The number of hydrogen-bond acceptors (Lipinski definition) is 5. The number of aryl methyl sites for hydroxylation is 2. The summed E-state index contributed by atoms with van der Waals surface area (Å²) in [4.78, 5) is 12.6. The van der Waals surface area contributed by atoms with Gasteiger partial charge in [-0.3, -0.25) is 0 Å². The Morgan fingerprint density at radius 1 is 1.22 bits per heavy atom. The van der Waals surface area contributed by atoms with Gasteiger partial charge in [-0.2, -0.15) is 8.78 Å². The number of carbonyl (C=O) groups excluding carboxylic acids is 1. The number of ether oxygens (including phenoxy) is 3. The van der Waals surface area contributed by atoms with Crippen molar-refractivity contribution in [1.82, 2.24) is 10.6 Å². The standard InChI is InChI=1S/C18H22F2N2O4S/c1-9-7-12(8-10(2)15(9)26-17(19)20)14-13(11(3)21-18(27)22-14)16(23)25-6-5-24-4/h7-8,14,17H,5-6H2,1-4H3,(H2,21,22,27)/t14-/m1/s1. The zero-order valence-electron chi connectivity index (χ0n) is 15.5. The van der Waals surface area contributed by atoms with E-state index in [9.17, 15) is 13.6 Å². The molecule has 2 N–H and O–H groups in total. The van der Waals surface area contributed by atoms with Gasteiger partial charge in [0.1, 0.15) is 12.4 Å². The molecule has 0 amide bonds. The first-order valence-corrected chi connectivity index (χ1v) is 8.65. The van der Waals surface area contributed by atoms with E-state index in [4.69, 9.17) is 21.7 Å². The Bertz CT molecular complexity index is 745. The fourth-order valence-corrected chi connectivity index (χ4v) is 3.21. The number of esters is 1. The molecule has 0 bridgehead atoms. The molecule has 1 aromatic rings. The zero-order chi connectivity index (χ0) is 20.1. The van der Waals surface area contributed by atoms with E-state index in [0.29, 0.717) is 33.1 Å². The number of hydrogen-bond donors (Lipinski definition) is 2. The van der Waals surface area contributed by atoms with E-state index in [0.717, 1.165) is 0 Å². The van der Waals surface area contributed by atoms with E-state index in [1.54, 1.807) is 32.9 Å². The summed E-state index contributed by atoms with van der Waals surface area (Å²) in [5, 5.41) is 6.31. The monoisotopic (exact) mass is 400 g/mol. The number of halogens is 2. The van der Waals surface area contributed by atoms with Crippen molar-refractivity contribution in [3.63, 3.8) is 0 Å². The zero-order valence-corrected chi connectivity index (χ0v) is 16.3. The van der Waals surface area contributed by atoms with Crippen molar-refractivity contribution in [3.8, 4) is 5.75 Å². The van der Waals surface area contributed by atoms with Gasteiger partial charge in [0.25, 0.3) is 0 Å². The molecule has 9 heteroatoms. The molecule has 148 valence electrons. The first-order chi connectivity index (χ1) is 12.7. The number of benzene rings is 1. The molecule has 0 saturated carbocycles. The second kappa shape index (κ2) is 9.09. The van der Waals surface area contributed by atoms with E-state index in [1.807, 2.05) is 0 Å². The summed E-state index contributed by atoms with van der Waals surface area (Å²) in [6.07, 6.45) is 0. The van der Waals surface area contributed by atoms with E-state index < -0.39 is 18.6 Å². The molecule has 0 saturated heterocycles. The maximum atomic E-state index is 12.6. The summed E-state index contributed by atoms with van der Waals surface area (Å²) in [6.45, 7) is 2.54. The van der Waals surface area contributed by atoms with Crippen LogP contribution in [0.25, 0.3) is 0 Å². The predicted molar refractivity (Wildman–Crippen MR) is 99.7 cm³/mol. The molecule has 0 spiro atoms. The van der Waals surface area contributed by atoms with Gasteiger partial charge in [-0.1, -0.05) is 0 Å². The minimum atomic E-state index is -2.91. The van der Waals surface area contributed by atoms with Gasteiger partial charge in [0.2, 0.25) is 0 Å². The molecule has 6 nitrogen and oxygen atoms in total. The van der Waals surface area contributed by atoms with Crippen LogP contribution in [-0.4, -0.2) is 38.0 Å². The van der Waals surface area contributed by atoms with Crippen molar-refractivity contribution in [2.45, 2.75) is 33.4 Å². The van der Waals surface area contributed by atoms with Gasteiger partial charge in [-0.15, -0.1) is 0 Å². The van der Waals surface area contributed by atoms with Crippen LogP contribution in [0.3, 0.4) is 0 Å². The third-order valence-electron chi connectivity index (χ3n) is 4.03. The Labute approximate surface area is 161 Å². The fourth-order valence-electron chi connectivity index (χ4n) is 2.94. The number of methoxy groups -OCH3 is 1. The van der Waals surface area contributed by atoms with Crippen LogP contribution in [0.2, 0.25) is 0 Å². The van der Waals surface area contributed by atoms with E-state index in [1.165, 1.54) is 7.11 Å². The van der Waals surface area contributed by atoms with Gasteiger partial charge < -0.3 is 24.8 Å². The Hall–Kier alpha value is -2.26. The number of thiocarbonyl (C=S) groups is 1. The molecule has 2 rings (SSSR count). The van der Waals surface area contributed by atoms with Crippen molar-refractivity contribution in [3.05, 3.63) is 40.1 Å². The molecule has 0 unspecified atom stereocenters. The lowest BCUT2D eigenvalue weighted by Gasteiger charge is -2.30. The average molecular weight is 400 g/mol. The van der Waals surface area contributed by atoms with Crippen LogP contribution < -0.4 is 15.4 Å². The van der Waals surface area contributed by atoms with E-state index in [2.05, 4.69) is 15.4 Å². The molecule has 1 aliphatic heterocycles. The van der Waals surface area contributed by atoms with Crippen LogP contribution >= 0.6 is 12.2 Å². The SMILES string of the molecule is COCCOC(=O)C1=C(C)NC(=S)N[C@@H]1c1cc(C)c(OC(F)F)c(C)c1. The minimum Gasteiger partial charge on any atom is -0.460 e. The minimum absolute atomic E-state index is 0.114. The highest BCUT2D eigenvalue weighted by Gasteiger charge is 2.31. The smallest absolute Gasteiger partial charge is 0.387 e. The number of rotatable bonds is 7. The summed E-state index contributed by atoms with van der Waals surface area (Å²) < 4.78 is 40.0. The molecule has 1 heterocycles. The van der Waals surface area contributed by atoms with Crippen molar-refractivity contribution >= 4 is 23.3 Å². The fraction of sp³-hybridized carbons (Fsp3) is 0.444. The lowest BCUT2D eigenvalue weighted by atomic mass is 9.92. The number of allylic oxidation sites excluding steroid dienone is 1. The molecular formula is C18H22F2N2O4S. The average Bonchev–Trinajstić information content (AvgIpc) is 2.57. The summed E-state index contributed by atoms with van der Waals surface area (Å²) >= 11 is 5.20. The quantitative estimate of drug-likeness (QED) is 0.414. The first-order valence-electron chi connectivity index (χ1n) is 8.24. The number of nitrogens with one attached hydrogen (secondary N) is 2. The Morgan fingerprint density at radius 2 is 1.85 bits per heavy atom. The van der Waals surface area contributed by atoms with Crippen LogP contribution in [0, 0.1) is 13.8 Å². The molecule has 0 fully saturated rings. The summed E-state index contributed by atoms with van der Waals surface area (Å²) in [5.74, 6) is -0.393. The highest BCUT2D eigenvalue weighted by molar-refractivity contribution is 7.80.